The summed E-state index contributed by atoms with van der Waals surface area (Å²) in [5.41, 5.74) is 0. The average Bonchev–Trinajstić information content (AvgIpc) is 2.68. The minimum absolute atomic E-state index is 0.00727. The first-order valence-corrected chi connectivity index (χ1v) is 7.88. The Morgan fingerprint density at radius 1 is 1.20 bits per heavy atom. The molecule has 0 aromatic rings. The van der Waals surface area contributed by atoms with Crippen LogP contribution in [0.1, 0.15) is 38.5 Å². The summed E-state index contributed by atoms with van der Waals surface area (Å²) in [5.74, 6) is 0.681. The Morgan fingerprint density at radius 3 is 2.55 bits per heavy atom. The molecule has 0 aromatic heterocycles. The second-order valence-corrected chi connectivity index (χ2v) is 6.21. The van der Waals surface area contributed by atoms with Crippen molar-refractivity contribution in [1.29, 1.82) is 0 Å². The zero-order valence-corrected chi connectivity index (χ0v) is 12.6. The van der Waals surface area contributed by atoms with E-state index in [1.54, 1.807) is 4.90 Å². The molecule has 0 radical (unpaired) electrons. The van der Waals surface area contributed by atoms with Gasteiger partial charge in [0.15, 0.2) is 0 Å². The Hall–Kier alpha value is -1.10. The van der Waals surface area contributed by atoms with E-state index in [9.17, 15) is 9.59 Å². The Bertz CT molecular complexity index is 338. The highest BCUT2D eigenvalue weighted by molar-refractivity contribution is 5.86. The van der Waals surface area contributed by atoms with Crippen molar-refractivity contribution in [2.75, 3.05) is 39.8 Å². The molecular weight excluding hydrogens is 254 g/mol. The molecule has 2 fully saturated rings. The van der Waals surface area contributed by atoms with Gasteiger partial charge in [0.25, 0.3) is 0 Å². The van der Waals surface area contributed by atoms with Gasteiger partial charge in [-0.3, -0.25) is 14.5 Å². The number of likely N-dealkylation sites (N-methyl/N-ethyl adjacent to an activating group) is 1. The standard InChI is InChI=1S/C15H27N3O2/c1-17-8-9-18(15(20)12-17)11-14(19)16-10-13-6-4-2-3-5-7-13/h13H,2-12H2,1H3,(H,16,19). The Labute approximate surface area is 121 Å². The van der Waals surface area contributed by atoms with E-state index in [2.05, 4.69) is 5.32 Å². The van der Waals surface area contributed by atoms with Crippen LogP contribution in [0, 0.1) is 5.92 Å². The van der Waals surface area contributed by atoms with Crippen LogP contribution in [-0.2, 0) is 9.59 Å². The summed E-state index contributed by atoms with van der Waals surface area (Å²) in [5, 5.41) is 3.01. The van der Waals surface area contributed by atoms with Crippen LogP contribution in [-0.4, -0.2) is 61.4 Å². The van der Waals surface area contributed by atoms with Gasteiger partial charge in [0.1, 0.15) is 0 Å². The predicted molar refractivity (Wildman–Crippen MR) is 78.3 cm³/mol. The van der Waals surface area contributed by atoms with E-state index < -0.39 is 0 Å². The van der Waals surface area contributed by atoms with Gasteiger partial charge in [-0.25, -0.2) is 0 Å². The molecule has 0 bridgehead atoms. The smallest absolute Gasteiger partial charge is 0.239 e. The van der Waals surface area contributed by atoms with Crippen LogP contribution in [0.2, 0.25) is 0 Å². The summed E-state index contributed by atoms with van der Waals surface area (Å²) >= 11 is 0. The number of nitrogens with zero attached hydrogens (tertiary/aromatic N) is 2. The maximum Gasteiger partial charge on any atom is 0.239 e. The maximum atomic E-state index is 11.9. The number of hydrogen-bond donors (Lipinski definition) is 1. The fourth-order valence-corrected chi connectivity index (χ4v) is 3.05. The van der Waals surface area contributed by atoms with Crippen molar-refractivity contribution >= 4 is 11.8 Å². The number of piperazine rings is 1. The molecule has 1 saturated carbocycles. The maximum absolute atomic E-state index is 11.9. The second kappa shape index (κ2) is 7.62. The molecule has 1 heterocycles. The summed E-state index contributed by atoms with van der Waals surface area (Å²) in [6.45, 7) is 2.93. The number of amides is 2. The largest absolute Gasteiger partial charge is 0.354 e. The summed E-state index contributed by atoms with van der Waals surface area (Å²) in [4.78, 5) is 27.4. The minimum atomic E-state index is -0.00727. The molecule has 5 heteroatoms. The molecule has 2 amide bonds. The van der Waals surface area contributed by atoms with E-state index in [1.165, 1.54) is 38.5 Å². The summed E-state index contributed by atoms with van der Waals surface area (Å²) < 4.78 is 0. The molecule has 0 spiro atoms. The van der Waals surface area contributed by atoms with Gasteiger partial charge in [0, 0.05) is 19.6 Å². The molecule has 2 aliphatic rings. The van der Waals surface area contributed by atoms with E-state index in [4.69, 9.17) is 0 Å². The lowest BCUT2D eigenvalue weighted by molar-refractivity contribution is -0.139. The molecule has 1 aliphatic heterocycles. The fourth-order valence-electron chi connectivity index (χ4n) is 3.05. The third-order valence-corrected chi connectivity index (χ3v) is 4.41. The van der Waals surface area contributed by atoms with Gasteiger partial charge in [-0.05, 0) is 25.8 Å². The Kier molecular flexibility index (Phi) is 5.83. The van der Waals surface area contributed by atoms with Gasteiger partial charge in [0.2, 0.25) is 11.8 Å². The van der Waals surface area contributed by atoms with Crippen LogP contribution in [0.25, 0.3) is 0 Å². The van der Waals surface area contributed by atoms with Crippen molar-refractivity contribution in [2.45, 2.75) is 38.5 Å². The molecule has 20 heavy (non-hydrogen) atoms. The molecule has 1 saturated heterocycles. The highest BCUT2D eigenvalue weighted by Gasteiger charge is 2.23. The summed E-state index contributed by atoms with van der Waals surface area (Å²) in [7, 11) is 1.93. The first-order chi connectivity index (χ1) is 9.65. The molecule has 0 unspecified atom stereocenters. The van der Waals surface area contributed by atoms with E-state index in [-0.39, 0.29) is 18.4 Å². The first-order valence-electron chi connectivity index (χ1n) is 7.88. The van der Waals surface area contributed by atoms with Crippen molar-refractivity contribution in [3.05, 3.63) is 0 Å². The number of carbonyl (C=O) groups is 2. The number of nitrogens with one attached hydrogen (secondary N) is 1. The molecule has 114 valence electrons. The molecule has 1 aliphatic carbocycles. The van der Waals surface area contributed by atoms with Crippen LogP contribution in [0.3, 0.4) is 0 Å². The lowest BCUT2D eigenvalue weighted by Crippen LogP contribution is -2.52. The van der Waals surface area contributed by atoms with Crippen LogP contribution in [0.15, 0.2) is 0 Å². The van der Waals surface area contributed by atoms with Gasteiger partial charge in [-0.15, -0.1) is 0 Å². The van der Waals surface area contributed by atoms with E-state index in [0.717, 1.165) is 13.1 Å². The molecular formula is C15H27N3O2. The summed E-state index contributed by atoms with van der Waals surface area (Å²) in [6.07, 6.45) is 7.71. The van der Waals surface area contributed by atoms with Gasteiger partial charge in [-0.1, -0.05) is 25.7 Å². The lowest BCUT2D eigenvalue weighted by Gasteiger charge is -2.31. The second-order valence-electron chi connectivity index (χ2n) is 6.21. The SMILES string of the molecule is CN1CCN(CC(=O)NCC2CCCCCC2)C(=O)C1. The van der Waals surface area contributed by atoms with E-state index in [1.807, 2.05) is 11.9 Å². The third kappa shape index (κ3) is 4.78. The van der Waals surface area contributed by atoms with E-state index >= 15 is 0 Å². The highest BCUT2D eigenvalue weighted by Crippen LogP contribution is 2.21. The average molecular weight is 281 g/mol. The van der Waals surface area contributed by atoms with Crippen molar-refractivity contribution in [3.63, 3.8) is 0 Å². The molecule has 0 atom stereocenters. The van der Waals surface area contributed by atoms with Crippen LogP contribution in [0.4, 0.5) is 0 Å². The monoisotopic (exact) mass is 281 g/mol. The molecule has 5 nitrogen and oxygen atoms in total. The molecule has 1 N–H and O–H groups in total. The minimum Gasteiger partial charge on any atom is -0.354 e. The number of hydrogen-bond acceptors (Lipinski definition) is 3. The van der Waals surface area contributed by atoms with Crippen molar-refractivity contribution in [3.8, 4) is 0 Å². The number of carbonyl (C=O) groups excluding carboxylic acids is 2. The van der Waals surface area contributed by atoms with Gasteiger partial charge < -0.3 is 10.2 Å². The fraction of sp³-hybridized carbons (Fsp3) is 0.867. The van der Waals surface area contributed by atoms with Crippen LogP contribution >= 0.6 is 0 Å². The van der Waals surface area contributed by atoms with Gasteiger partial charge in [0.05, 0.1) is 13.1 Å². The molecule has 0 aromatic carbocycles. The van der Waals surface area contributed by atoms with E-state index in [0.29, 0.717) is 19.0 Å². The Morgan fingerprint density at radius 2 is 1.90 bits per heavy atom. The van der Waals surface area contributed by atoms with Gasteiger partial charge >= 0.3 is 0 Å². The quantitative estimate of drug-likeness (QED) is 0.777. The lowest BCUT2D eigenvalue weighted by atomic mass is 10.0. The van der Waals surface area contributed by atoms with Crippen molar-refractivity contribution in [1.82, 2.24) is 15.1 Å². The van der Waals surface area contributed by atoms with Crippen LogP contribution in [0.5, 0.6) is 0 Å². The van der Waals surface area contributed by atoms with Crippen molar-refractivity contribution in [2.24, 2.45) is 5.92 Å². The third-order valence-electron chi connectivity index (χ3n) is 4.41. The number of rotatable bonds is 4. The Balaban J connectivity index is 1.68. The van der Waals surface area contributed by atoms with Gasteiger partial charge in [-0.2, -0.15) is 0 Å². The zero-order valence-electron chi connectivity index (χ0n) is 12.6. The predicted octanol–water partition coefficient (Wildman–Crippen LogP) is 0.847. The topological polar surface area (TPSA) is 52.6 Å². The van der Waals surface area contributed by atoms with Crippen molar-refractivity contribution < 1.29 is 9.59 Å². The van der Waals surface area contributed by atoms with Crippen LogP contribution < -0.4 is 5.32 Å². The highest BCUT2D eigenvalue weighted by atomic mass is 16.2. The first kappa shape index (κ1) is 15.3. The normalized spacial score (nSPS) is 22.6. The zero-order chi connectivity index (χ0) is 14.4. The summed E-state index contributed by atoms with van der Waals surface area (Å²) in [6, 6.07) is 0. The molecule has 2 rings (SSSR count).